The van der Waals surface area contributed by atoms with Crippen LogP contribution in [0.2, 0.25) is 0 Å². The van der Waals surface area contributed by atoms with Crippen LogP contribution in [0.5, 0.6) is 5.75 Å². The molecule has 0 radical (unpaired) electrons. The Bertz CT molecular complexity index is 1520. The Morgan fingerprint density at radius 3 is 2.74 bits per heavy atom. The molecule has 0 bridgehead atoms. The van der Waals surface area contributed by atoms with Crippen LogP contribution in [0, 0.1) is 0 Å². The van der Waals surface area contributed by atoms with Crippen molar-refractivity contribution in [2.75, 3.05) is 39.2 Å². The molecule has 6 rings (SSSR count). The maximum absolute atomic E-state index is 6.52. The number of fused-ring (bicyclic) bond motifs is 2. The summed E-state index contributed by atoms with van der Waals surface area (Å²) in [5, 5.41) is 8.64. The van der Waals surface area contributed by atoms with Gasteiger partial charge in [-0.25, -0.2) is 15.0 Å². The SMILES string of the molecule is CN(C)C1(COc2cc(-c3cnn(C)c3)cc3ncnc(Nc4ccc5ncsc5c4)c23)COC1. The molecule has 35 heavy (non-hydrogen) atoms. The Kier molecular flexibility index (Phi) is 5.36. The molecule has 0 aliphatic carbocycles. The zero-order chi connectivity index (χ0) is 24.0. The van der Waals surface area contributed by atoms with Gasteiger partial charge in [0.05, 0.1) is 46.0 Å². The van der Waals surface area contributed by atoms with E-state index >= 15 is 0 Å². The van der Waals surface area contributed by atoms with Crippen LogP contribution in [0.15, 0.2) is 54.6 Å². The van der Waals surface area contributed by atoms with Crippen molar-refractivity contribution in [1.82, 2.24) is 29.6 Å². The third-order valence-corrected chi connectivity index (χ3v) is 7.31. The summed E-state index contributed by atoms with van der Waals surface area (Å²) in [6.45, 7) is 1.76. The van der Waals surface area contributed by atoms with Gasteiger partial charge in [-0.15, -0.1) is 11.3 Å². The summed E-state index contributed by atoms with van der Waals surface area (Å²) in [6, 6.07) is 10.2. The van der Waals surface area contributed by atoms with Crippen molar-refractivity contribution in [2.24, 2.45) is 7.05 Å². The van der Waals surface area contributed by atoms with Crippen molar-refractivity contribution in [3.8, 4) is 16.9 Å². The van der Waals surface area contributed by atoms with Crippen LogP contribution < -0.4 is 10.1 Å². The van der Waals surface area contributed by atoms with E-state index in [0.717, 1.165) is 43.7 Å². The summed E-state index contributed by atoms with van der Waals surface area (Å²) in [7, 11) is 6.02. The lowest BCUT2D eigenvalue weighted by Gasteiger charge is -2.46. The molecule has 9 nitrogen and oxygen atoms in total. The highest BCUT2D eigenvalue weighted by atomic mass is 32.1. The van der Waals surface area contributed by atoms with Gasteiger partial charge in [0.2, 0.25) is 0 Å². The van der Waals surface area contributed by atoms with Crippen molar-refractivity contribution in [1.29, 1.82) is 0 Å². The van der Waals surface area contributed by atoms with Crippen molar-refractivity contribution in [2.45, 2.75) is 5.54 Å². The number of rotatable bonds is 7. The molecule has 1 saturated heterocycles. The molecule has 10 heteroatoms. The second-order valence-corrected chi connectivity index (χ2v) is 9.94. The number of nitrogens with one attached hydrogen (secondary N) is 1. The fourth-order valence-electron chi connectivity index (χ4n) is 4.19. The summed E-state index contributed by atoms with van der Waals surface area (Å²) in [4.78, 5) is 15.7. The number of hydrogen-bond acceptors (Lipinski definition) is 9. The third-order valence-electron chi connectivity index (χ3n) is 6.52. The maximum atomic E-state index is 6.52. The second kappa shape index (κ2) is 8.56. The fourth-order valence-corrected chi connectivity index (χ4v) is 4.91. The van der Waals surface area contributed by atoms with E-state index in [2.05, 4.69) is 50.4 Å². The number of aromatic nitrogens is 5. The smallest absolute Gasteiger partial charge is 0.145 e. The largest absolute Gasteiger partial charge is 0.491 e. The van der Waals surface area contributed by atoms with E-state index in [-0.39, 0.29) is 5.54 Å². The van der Waals surface area contributed by atoms with Crippen LogP contribution in [-0.4, -0.2) is 69.1 Å². The van der Waals surface area contributed by atoms with Crippen molar-refractivity contribution in [3.05, 3.63) is 54.6 Å². The third kappa shape index (κ3) is 3.99. The Hall–Kier alpha value is -3.60. The quantitative estimate of drug-likeness (QED) is 0.367. The molecule has 1 N–H and O–H groups in total. The molecule has 1 fully saturated rings. The minimum atomic E-state index is -0.156. The van der Waals surface area contributed by atoms with E-state index in [0.29, 0.717) is 25.6 Å². The highest BCUT2D eigenvalue weighted by Crippen LogP contribution is 2.37. The molecule has 1 aliphatic heterocycles. The molecular weight excluding hydrogens is 462 g/mol. The summed E-state index contributed by atoms with van der Waals surface area (Å²) in [5.74, 6) is 1.41. The van der Waals surface area contributed by atoms with Gasteiger partial charge in [-0.3, -0.25) is 9.58 Å². The van der Waals surface area contributed by atoms with Gasteiger partial charge in [-0.05, 0) is 50.0 Å². The van der Waals surface area contributed by atoms with Crippen LogP contribution in [0.4, 0.5) is 11.5 Å². The molecule has 5 aromatic rings. The van der Waals surface area contributed by atoms with E-state index in [1.807, 2.05) is 49.2 Å². The van der Waals surface area contributed by atoms with Crippen LogP contribution >= 0.6 is 11.3 Å². The highest BCUT2D eigenvalue weighted by Gasteiger charge is 2.42. The molecule has 2 aromatic carbocycles. The monoisotopic (exact) mass is 487 g/mol. The molecule has 1 aliphatic rings. The fraction of sp³-hybridized carbons (Fsp3) is 0.280. The van der Waals surface area contributed by atoms with Crippen LogP contribution in [0.3, 0.4) is 0 Å². The first-order valence-electron chi connectivity index (χ1n) is 11.3. The van der Waals surface area contributed by atoms with Gasteiger partial charge < -0.3 is 14.8 Å². The second-order valence-electron chi connectivity index (χ2n) is 9.05. The van der Waals surface area contributed by atoms with Gasteiger partial charge >= 0.3 is 0 Å². The molecule has 0 amide bonds. The number of benzene rings is 2. The van der Waals surface area contributed by atoms with Gasteiger partial charge in [0.1, 0.15) is 30.0 Å². The standard InChI is InChI=1S/C25H25N7O2S/c1-31(2)25(11-33-12-25)13-34-21-7-16(17-9-29-32(3)10-17)6-20-23(21)24(27-14-26-20)30-18-4-5-19-22(8-18)35-15-28-19/h4-10,14-15H,11-13H2,1-3H3,(H,26,27,30). The van der Waals surface area contributed by atoms with E-state index in [4.69, 9.17) is 9.47 Å². The van der Waals surface area contributed by atoms with Gasteiger partial charge in [-0.1, -0.05) is 0 Å². The number of ether oxygens (including phenoxy) is 2. The first-order chi connectivity index (χ1) is 17.0. The van der Waals surface area contributed by atoms with Crippen molar-refractivity contribution < 1.29 is 9.47 Å². The van der Waals surface area contributed by atoms with E-state index < -0.39 is 0 Å². The number of likely N-dealkylation sites (N-methyl/N-ethyl adjacent to an activating group) is 1. The highest BCUT2D eigenvalue weighted by molar-refractivity contribution is 7.16. The Morgan fingerprint density at radius 1 is 1.11 bits per heavy atom. The molecular formula is C25H25N7O2S. The van der Waals surface area contributed by atoms with E-state index in [1.54, 1.807) is 22.3 Å². The Labute approximate surface area is 206 Å². The first-order valence-corrected chi connectivity index (χ1v) is 12.1. The summed E-state index contributed by atoms with van der Waals surface area (Å²) >= 11 is 1.61. The molecule has 0 unspecified atom stereocenters. The molecule has 3 aromatic heterocycles. The van der Waals surface area contributed by atoms with Gasteiger partial charge in [-0.2, -0.15) is 5.10 Å². The van der Waals surface area contributed by atoms with Crippen LogP contribution in [0.25, 0.3) is 32.2 Å². The zero-order valence-electron chi connectivity index (χ0n) is 19.7. The molecule has 178 valence electrons. The number of aryl methyl sites for hydroxylation is 1. The summed E-state index contributed by atoms with van der Waals surface area (Å²) in [5.41, 5.74) is 6.39. The average molecular weight is 488 g/mol. The predicted octanol–water partition coefficient (Wildman–Crippen LogP) is 4.09. The van der Waals surface area contributed by atoms with Gasteiger partial charge in [0.15, 0.2) is 0 Å². The lowest BCUT2D eigenvalue weighted by Crippen LogP contribution is -2.63. The number of hydrogen-bond donors (Lipinski definition) is 1. The maximum Gasteiger partial charge on any atom is 0.145 e. The number of anilines is 2. The number of thiazole rings is 1. The van der Waals surface area contributed by atoms with Gasteiger partial charge in [0, 0.05) is 24.5 Å². The minimum absolute atomic E-state index is 0.156. The van der Waals surface area contributed by atoms with E-state index in [9.17, 15) is 0 Å². The summed E-state index contributed by atoms with van der Waals surface area (Å²) in [6.07, 6.45) is 5.40. The molecule has 0 spiro atoms. The van der Waals surface area contributed by atoms with Crippen LogP contribution in [0.1, 0.15) is 0 Å². The minimum Gasteiger partial charge on any atom is -0.491 e. The van der Waals surface area contributed by atoms with Crippen LogP contribution in [-0.2, 0) is 11.8 Å². The summed E-state index contributed by atoms with van der Waals surface area (Å²) < 4.78 is 14.9. The Balaban J connectivity index is 1.44. The molecule has 4 heterocycles. The van der Waals surface area contributed by atoms with Crippen molar-refractivity contribution in [3.63, 3.8) is 0 Å². The van der Waals surface area contributed by atoms with Crippen molar-refractivity contribution >= 4 is 44.0 Å². The van der Waals surface area contributed by atoms with Gasteiger partial charge in [0.25, 0.3) is 0 Å². The molecule has 0 saturated carbocycles. The zero-order valence-corrected chi connectivity index (χ0v) is 20.5. The van der Waals surface area contributed by atoms with E-state index in [1.165, 1.54) is 0 Å². The average Bonchev–Trinajstić information content (AvgIpc) is 3.46. The number of nitrogens with zero attached hydrogens (tertiary/aromatic N) is 6. The Morgan fingerprint density at radius 2 is 2.00 bits per heavy atom. The molecule has 0 atom stereocenters. The lowest BCUT2D eigenvalue weighted by molar-refractivity contribution is -0.140. The lowest BCUT2D eigenvalue weighted by atomic mass is 9.97. The first kappa shape index (κ1) is 21.9. The predicted molar refractivity (Wildman–Crippen MR) is 137 cm³/mol. The topological polar surface area (TPSA) is 90.2 Å². The normalized spacial score (nSPS) is 15.0.